The first-order valence-corrected chi connectivity index (χ1v) is 7.46. The second-order valence-electron chi connectivity index (χ2n) is 4.52. The number of methoxy groups -OCH3 is 3. The SMILES string of the molecule is COc1cc(NCc2sccc2C(F)(F)F)cc(OC)c1OC. The molecule has 0 atom stereocenters. The Bertz CT molecular complexity index is 645. The van der Waals surface area contributed by atoms with Gasteiger partial charge in [-0.3, -0.25) is 0 Å². The third-order valence-corrected chi connectivity index (χ3v) is 4.09. The predicted octanol–water partition coefficient (Wildman–Crippen LogP) is 4.40. The number of nitrogens with one attached hydrogen (secondary N) is 1. The van der Waals surface area contributed by atoms with E-state index < -0.39 is 11.7 Å². The summed E-state index contributed by atoms with van der Waals surface area (Å²) in [7, 11) is 4.43. The van der Waals surface area contributed by atoms with Gasteiger partial charge in [0.05, 0.1) is 26.9 Å². The molecule has 0 saturated heterocycles. The lowest BCUT2D eigenvalue weighted by Crippen LogP contribution is -2.09. The molecule has 0 saturated carbocycles. The van der Waals surface area contributed by atoms with Crippen molar-refractivity contribution in [2.24, 2.45) is 0 Å². The van der Waals surface area contributed by atoms with Gasteiger partial charge in [0.2, 0.25) is 5.75 Å². The maximum atomic E-state index is 12.9. The number of thiophene rings is 1. The standard InChI is InChI=1S/C15H16F3NO3S/c1-20-11-6-9(7-12(21-2)14(11)22-3)19-8-13-10(4-5-23-13)15(16,17)18/h4-7,19H,8H2,1-3H3. The molecule has 2 aromatic rings. The van der Waals surface area contributed by atoms with Gasteiger partial charge in [0, 0.05) is 29.2 Å². The van der Waals surface area contributed by atoms with Gasteiger partial charge in [-0.2, -0.15) is 13.2 Å². The van der Waals surface area contributed by atoms with Gasteiger partial charge in [0.15, 0.2) is 11.5 Å². The van der Waals surface area contributed by atoms with Gasteiger partial charge in [-0.25, -0.2) is 0 Å². The van der Waals surface area contributed by atoms with Crippen LogP contribution in [0.2, 0.25) is 0 Å². The van der Waals surface area contributed by atoms with Crippen LogP contribution in [0.15, 0.2) is 23.6 Å². The summed E-state index contributed by atoms with van der Waals surface area (Å²) < 4.78 is 54.2. The number of rotatable bonds is 6. The van der Waals surface area contributed by atoms with Crippen molar-refractivity contribution in [1.29, 1.82) is 0 Å². The molecule has 2 rings (SSSR count). The highest BCUT2D eigenvalue weighted by Gasteiger charge is 2.33. The average Bonchev–Trinajstić information content (AvgIpc) is 3.00. The van der Waals surface area contributed by atoms with Crippen molar-refractivity contribution in [3.63, 3.8) is 0 Å². The normalized spacial score (nSPS) is 11.2. The molecule has 0 bridgehead atoms. The van der Waals surface area contributed by atoms with E-state index in [-0.39, 0.29) is 11.4 Å². The highest BCUT2D eigenvalue weighted by atomic mass is 32.1. The van der Waals surface area contributed by atoms with Crippen molar-refractivity contribution in [2.75, 3.05) is 26.6 Å². The molecule has 0 aliphatic heterocycles. The first kappa shape index (κ1) is 17.3. The molecule has 4 nitrogen and oxygen atoms in total. The molecule has 0 fully saturated rings. The molecule has 0 unspecified atom stereocenters. The summed E-state index contributed by atoms with van der Waals surface area (Å²) in [5.41, 5.74) is -0.0523. The third kappa shape index (κ3) is 3.82. The summed E-state index contributed by atoms with van der Waals surface area (Å²) in [6, 6.07) is 4.36. The van der Waals surface area contributed by atoms with Crippen LogP contribution < -0.4 is 19.5 Å². The summed E-state index contributed by atoms with van der Waals surface area (Å²) in [5.74, 6) is 1.28. The number of halogens is 3. The zero-order chi connectivity index (χ0) is 17.0. The molecule has 0 radical (unpaired) electrons. The molecular weight excluding hydrogens is 331 g/mol. The zero-order valence-corrected chi connectivity index (χ0v) is 13.6. The van der Waals surface area contributed by atoms with Crippen LogP contribution in [0.5, 0.6) is 17.2 Å². The third-order valence-electron chi connectivity index (χ3n) is 3.17. The van der Waals surface area contributed by atoms with E-state index in [1.165, 1.54) is 26.7 Å². The molecule has 1 aromatic heterocycles. The molecule has 0 spiro atoms. The Morgan fingerprint density at radius 2 is 1.65 bits per heavy atom. The van der Waals surface area contributed by atoms with E-state index in [1.807, 2.05) is 0 Å². The summed E-state index contributed by atoms with van der Waals surface area (Å²) >= 11 is 1.05. The molecule has 1 N–H and O–H groups in total. The molecular formula is C15H16F3NO3S. The quantitative estimate of drug-likeness (QED) is 0.840. The maximum absolute atomic E-state index is 12.9. The fraction of sp³-hybridized carbons (Fsp3) is 0.333. The Kier molecular flexibility index (Phi) is 5.25. The van der Waals surface area contributed by atoms with E-state index in [4.69, 9.17) is 14.2 Å². The van der Waals surface area contributed by atoms with E-state index in [2.05, 4.69) is 5.32 Å². The van der Waals surface area contributed by atoms with Gasteiger partial charge < -0.3 is 19.5 Å². The smallest absolute Gasteiger partial charge is 0.417 e. The number of benzene rings is 1. The Morgan fingerprint density at radius 3 is 2.13 bits per heavy atom. The minimum absolute atomic E-state index is 0.0468. The summed E-state index contributed by atoms with van der Waals surface area (Å²) in [5, 5.41) is 4.38. The van der Waals surface area contributed by atoms with Crippen LogP contribution in [0.1, 0.15) is 10.4 Å². The molecule has 0 amide bonds. The van der Waals surface area contributed by atoms with E-state index in [9.17, 15) is 13.2 Å². The highest BCUT2D eigenvalue weighted by Crippen LogP contribution is 2.40. The highest BCUT2D eigenvalue weighted by molar-refractivity contribution is 7.10. The van der Waals surface area contributed by atoms with Crippen LogP contribution in [0, 0.1) is 0 Å². The molecule has 1 heterocycles. The van der Waals surface area contributed by atoms with Crippen LogP contribution in [0.25, 0.3) is 0 Å². The maximum Gasteiger partial charge on any atom is 0.417 e. The fourth-order valence-corrected chi connectivity index (χ4v) is 2.93. The van der Waals surface area contributed by atoms with E-state index >= 15 is 0 Å². The second kappa shape index (κ2) is 6.99. The minimum Gasteiger partial charge on any atom is -0.493 e. The first-order valence-electron chi connectivity index (χ1n) is 6.58. The Hall–Kier alpha value is -2.09. The number of anilines is 1. The Balaban J connectivity index is 2.23. The first-order chi connectivity index (χ1) is 10.9. The fourth-order valence-electron chi connectivity index (χ4n) is 2.10. The topological polar surface area (TPSA) is 39.7 Å². The number of alkyl halides is 3. The van der Waals surface area contributed by atoms with Crippen molar-refractivity contribution in [3.05, 3.63) is 34.0 Å². The molecule has 8 heteroatoms. The van der Waals surface area contributed by atoms with Crippen LogP contribution in [0.3, 0.4) is 0 Å². The van der Waals surface area contributed by atoms with E-state index in [0.717, 1.165) is 17.4 Å². The Morgan fingerprint density at radius 1 is 1.04 bits per heavy atom. The summed E-state index contributed by atoms with van der Waals surface area (Å²) in [6.07, 6.45) is -4.35. The van der Waals surface area contributed by atoms with Crippen molar-refractivity contribution < 1.29 is 27.4 Å². The van der Waals surface area contributed by atoms with Crippen LogP contribution >= 0.6 is 11.3 Å². The van der Waals surface area contributed by atoms with Crippen molar-refractivity contribution in [2.45, 2.75) is 12.7 Å². The van der Waals surface area contributed by atoms with Crippen LogP contribution in [-0.2, 0) is 12.7 Å². The molecule has 126 valence electrons. The lowest BCUT2D eigenvalue weighted by molar-refractivity contribution is -0.137. The summed E-state index contributed by atoms with van der Waals surface area (Å²) in [4.78, 5) is 0.214. The second-order valence-corrected chi connectivity index (χ2v) is 5.52. The number of ether oxygens (including phenoxy) is 3. The van der Waals surface area contributed by atoms with Crippen LogP contribution in [0.4, 0.5) is 18.9 Å². The van der Waals surface area contributed by atoms with Gasteiger partial charge in [0.25, 0.3) is 0 Å². The monoisotopic (exact) mass is 347 g/mol. The van der Waals surface area contributed by atoms with Crippen LogP contribution in [-0.4, -0.2) is 21.3 Å². The van der Waals surface area contributed by atoms with Crippen molar-refractivity contribution >= 4 is 17.0 Å². The number of hydrogen-bond acceptors (Lipinski definition) is 5. The van der Waals surface area contributed by atoms with Gasteiger partial charge in [-0.1, -0.05) is 0 Å². The van der Waals surface area contributed by atoms with E-state index in [0.29, 0.717) is 22.9 Å². The molecule has 0 aliphatic rings. The van der Waals surface area contributed by atoms with Gasteiger partial charge in [-0.05, 0) is 11.4 Å². The molecule has 23 heavy (non-hydrogen) atoms. The predicted molar refractivity (Wildman–Crippen MR) is 82.7 cm³/mol. The minimum atomic E-state index is -4.35. The summed E-state index contributed by atoms with van der Waals surface area (Å²) in [6.45, 7) is 0.0468. The number of hydrogen-bond donors (Lipinski definition) is 1. The zero-order valence-electron chi connectivity index (χ0n) is 12.8. The van der Waals surface area contributed by atoms with Gasteiger partial charge in [0.1, 0.15) is 0 Å². The lowest BCUT2D eigenvalue weighted by atomic mass is 10.2. The molecule has 0 aliphatic carbocycles. The van der Waals surface area contributed by atoms with Crippen molar-refractivity contribution in [3.8, 4) is 17.2 Å². The lowest BCUT2D eigenvalue weighted by Gasteiger charge is -2.15. The van der Waals surface area contributed by atoms with Crippen molar-refractivity contribution in [1.82, 2.24) is 0 Å². The van der Waals surface area contributed by atoms with E-state index in [1.54, 1.807) is 12.1 Å². The average molecular weight is 347 g/mol. The molecule has 1 aromatic carbocycles. The largest absolute Gasteiger partial charge is 0.493 e. The Labute approximate surface area is 135 Å². The van der Waals surface area contributed by atoms with Gasteiger partial charge in [-0.15, -0.1) is 11.3 Å². The van der Waals surface area contributed by atoms with Gasteiger partial charge >= 0.3 is 6.18 Å².